The zero-order valence-corrected chi connectivity index (χ0v) is 12.4. The molecule has 18 heavy (non-hydrogen) atoms. The molecule has 0 fully saturated rings. The molecule has 1 aromatic heterocycles. The van der Waals surface area contributed by atoms with E-state index in [-0.39, 0.29) is 11.5 Å². The second-order valence-electron chi connectivity index (χ2n) is 4.82. The van der Waals surface area contributed by atoms with Gasteiger partial charge in [-0.25, -0.2) is 9.78 Å². The van der Waals surface area contributed by atoms with Crippen LogP contribution in [0.2, 0.25) is 0 Å². The number of thiazole rings is 1. The Labute approximate surface area is 112 Å². The van der Waals surface area contributed by atoms with Gasteiger partial charge in [0.05, 0.1) is 6.61 Å². The molecule has 102 valence electrons. The summed E-state index contributed by atoms with van der Waals surface area (Å²) in [6, 6.07) is 0. The van der Waals surface area contributed by atoms with Gasteiger partial charge in [-0.05, 0) is 34.9 Å². The molecule has 1 N–H and O–H groups in total. The van der Waals surface area contributed by atoms with E-state index in [1.54, 1.807) is 12.3 Å². The number of nitrogens with zero attached hydrogens (tertiary/aromatic N) is 2. The number of carbonyl (C=O) groups is 1. The lowest BCUT2D eigenvalue weighted by atomic mass is 10.1. The first-order valence-corrected chi connectivity index (χ1v) is 6.78. The minimum atomic E-state index is -0.367. The molecule has 1 rings (SSSR count). The SMILES string of the molecule is CCOC(=O)c1csc(NCC(C)(C)N(C)C)n1. The number of rotatable bonds is 6. The highest BCUT2D eigenvalue weighted by molar-refractivity contribution is 7.13. The van der Waals surface area contributed by atoms with Crippen molar-refractivity contribution in [2.75, 3.05) is 32.6 Å². The highest BCUT2D eigenvalue weighted by Gasteiger charge is 2.20. The van der Waals surface area contributed by atoms with Crippen molar-refractivity contribution in [2.45, 2.75) is 26.3 Å². The summed E-state index contributed by atoms with van der Waals surface area (Å²) in [5.41, 5.74) is 0.391. The molecular formula is C12H21N3O2S. The van der Waals surface area contributed by atoms with Crippen molar-refractivity contribution in [1.82, 2.24) is 9.88 Å². The molecule has 5 nitrogen and oxygen atoms in total. The second kappa shape index (κ2) is 6.15. The van der Waals surface area contributed by atoms with E-state index in [1.165, 1.54) is 11.3 Å². The van der Waals surface area contributed by atoms with E-state index in [1.807, 2.05) is 14.1 Å². The van der Waals surface area contributed by atoms with Gasteiger partial charge in [0.1, 0.15) is 0 Å². The number of nitrogens with one attached hydrogen (secondary N) is 1. The molecule has 0 spiro atoms. The predicted octanol–water partition coefficient (Wildman–Crippen LogP) is 2.07. The maximum Gasteiger partial charge on any atom is 0.357 e. The lowest BCUT2D eigenvalue weighted by molar-refractivity contribution is 0.0520. The maximum atomic E-state index is 11.5. The number of hydrogen-bond donors (Lipinski definition) is 1. The van der Waals surface area contributed by atoms with Crippen molar-refractivity contribution in [2.24, 2.45) is 0 Å². The zero-order valence-electron chi connectivity index (χ0n) is 11.6. The molecule has 0 aliphatic heterocycles. The second-order valence-corrected chi connectivity index (χ2v) is 5.68. The summed E-state index contributed by atoms with van der Waals surface area (Å²) in [4.78, 5) is 17.8. The monoisotopic (exact) mass is 271 g/mol. The fourth-order valence-electron chi connectivity index (χ4n) is 1.10. The lowest BCUT2D eigenvalue weighted by Gasteiger charge is -2.32. The third kappa shape index (κ3) is 3.96. The first-order valence-electron chi connectivity index (χ1n) is 5.90. The van der Waals surface area contributed by atoms with Crippen LogP contribution in [0.5, 0.6) is 0 Å². The first-order chi connectivity index (χ1) is 8.36. The van der Waals surface area contributed by atoms with Crippen LogP contribution in [-0.2, 0) is 4.74 Å². The molecule has 0 bridgehead atoms. The summed E-state index contributed by atoms with van der Waals surface area (Å²) in [6.45, 7) is 7.19. The highest BCUT2D eigenvalue weighted by atomic mass is 32.1. The topological polar surface area (TPSA) is 54.5 Å². The van der Waals surface area contributed by atoms with Gasteiger partial charge in [0.2, 0.25) is 0 Å². The molecule has 1 heterocycles. The van der Waals surface area contributed by atoms with Gasteiger partial charge in [0.25, 0.3) is 0 Å². The van der Waals surface area contributed by atoms with Crippen molar-refractivity contribution < 1.29 is 9.53 Å². The third-order valence-electron chi connectivity index (χ3n) is 2.87. The summed E-state index contributed by atoms with van der Waals surface area (Å²) in [7, 11) is 4.07. The fraction of sp³-hybridized carbons (Fsp3) is 0.667. The predicted molar refractivity (Wildman–Crippen MR) is 74.3 cm³/mol. The molecule has 0 atom stereocenters. The van der Waals surface area contributed by atoms with E-state index in [0.717, 1.165) is 11.7 Å². The smallest absolute Gasteiger partial charge is 0.357 e. The Kier molecular flexibility index (Phi) is 5.10. The minimum Gasteiger partial charge on any atom is -0.461 e. The molecule has 0 aliphatic rings. The number of likely N-dealkylation sites (N-methyl/N-ethyl adjacent to an activating group) is 1. The standard InChI is InChI=1S/C12H21N3O2S/c1-6-17-10(16)9-7-18-11(14-9)13-8-12(2,3)15(4)5/h7H,6,8H2,1-5H3,(H,13,14). The molecule has 0 aromatic carbocycles. The van der Waals surface area contributed by atoms with Gasteiger partial charge in [0, 0.05) is 17.5 Å². The number of hydrogen-bond acceptors (Lipinski definition) is 6. The van der Waals surface area contributed by atoms with E-state index < -0.39 is 0 Å². The van der Waals surface area contributed by atoms with Crippen LogP contribution >= 0.6 is 11.3 Å². The fourth-order valence-corrected chi connectivity index (χ4v) is 1.78. The molecule has 0 saturated carbocycles. The summed E-state index contributed by atoms with van der Waals surface area (Å²) in [5, 5.41) is 5.70. The molecule has 1 aromatic rings. The van der Waals surface area contributed by atoms with Crippen molar-refractivity contribution in [1.29, 1.82) is 0 Å². The van der Waals surface area contributed by atoms with Gasteiger partial charge in [-0.1, -0.05) is 0 Å². The van der Waals surface area contributed by atoms with Gasteiger partial charge in [0.15, 0.2) is 10.8 Å². The third-order valence-corrected chi connectivity index (χ3v) is 3.67. The van der Waals surface area contributed by atoms with Crippen LogP contribution in [-0.4, -0.2) is 48.6 Å². The van der Waals surface area contributed by atoms with E-state index in [2.05, 4.69) is 29.0 Å². The Morgan fingerprint density at radius 1 is 1.56 bits per heavy atom. The Morgan fingerprint density at radius 3 is 2.78 bits per heavy atom. The minimum absolute atomic E-state index is 0.0236. The highest BCUT2D eigenvalue weighted by Crippen LogP contribution is 2.18. The Balaban J connectivity index is 2.57. The molecule has 0 aliphatic carbocycles. The van der Waals surface area contributed by atoms with E-state index >= 15 is 0 Å². The Morgan fingerprint density at radius 2 is 2.22 bits per heavy atom. The molecule has 6 heteroatoms. The number of aromatic nitrogens is 1. The number of esters is 1. The van der Waals surface area contributed by atoms with Crippen LogP contribution < -0.4 is 5.32 Å². The quantitative estimate of drug-likeness (QED) is 0.803. The largest absolute Gasteiger partial charge is 0.461 e. The molecular weight excluding hydrogens is 250 g/mol. The van der Waals surface area contributed by atoms with E-state index in [9.17, 15) is 4.79 Å². The average Bonchev–Trinajstić information content (AvgIpc) is 2.75. The van der Waals surface area contributed by atoms with Crippen molar-refractivity contribution in [3.63, 3.8) is 0 Å². The number of ether oxygens (including phenoxy) is 1. The van der Waals surface area contributed by atoms with Gasteiger partial charge in [-0.3, -0.25) is 0 Å². The van der Waals surface area contributed by atoms with Gasteiger partial charge in [-0.15, -0.1) is 11.3 Å². The summed E-state index contributed by atoms with van der Waals surface area (Å²) in [5.74, 6) is -0.367. The average molecular weight is 271 g/mol. The Bertz CT molecular complexity index is 402. The zero-order chi connectivity index (χ0) is 13.8. The van der Waals surface area contributed by atoms with Crippen molar-refractivity contribution in [3.05, 3.63) is 11.1 Å². The molecule has 0 unspecified atom stereocenters. The maximum absolute atomic E-state index is 11.5. The van der Waals surface area contributed by atoms with Crippen molar-refractivity contribution >= 4 is 22.4 Å². The molecule has 0 amide bonds. The first kappa shape index (κ1) is 14.9. The summed E-state index contributed by atoms with van der Waals surface area (Å²) >= 11 is 1.41. The number of anilines is 1. The van der Waals surface area contributed by atoms with E-state index in [0.29, 0.717) is 12.3 Å². The van der Waals surface area contributed by atoms with Crippen LogP contribution in [0.25, 0.3) is 0 Å². The Hall–Kier alpha value is -1.14. The van der Waals surface area contributed by atoms with Crippen LogP contribution in [0.1, 0.15) is 31.3 Å². The van der Waals surface area contributed by atoms with Crippen LogP contribution in [0.15, 0.2) is 5.38 Å². The van der Waals surface area contributed by atoms with Gasteiger partial charge < -0.3 is 15.0 Å². The molecule has 0 radical (unpaired) electrons. The van der Waals surface area contributed by atoms with Gasteiger partial charge >= 0.3 is 5.97 Å². The van der Waals surface area contributed by atoms with Gasteiger partial charge in [-0.2, -0.15) is 0 Å². The number of carbonyl (C=O) groups excluding carboxylic acids is 1. The summed E-state index contributed by atoms with van der Waals surface area (Å²) in [6.07, 6.45) is 0. The van der Waals surface area contributed by atoms with E-state index in [4.69, 9.17) is 4.74 Å². The molecule has 0 saturated heterocycles. The van der Waals surface area contributed by atoms with Crippen molar-refractivity contribution in [3.8, 4) is 0 Å². The van der Waals surface area contributed by atoms with Crippen LogP contribution in [0, 0.1) is 0 Å². The lowest BCUT2D eigenvalue weighted by Crippen LogP contribution is -2.44. The normalized spacial score (nSPS) is 11.7. The van der Waals surface area contributed by atoms with Crippen LogP contribution in [0.4, 0.5) is 5.13 Å². The summed E-state index contributed by atoms with van der Waals surface area (Å²) < 4.78 is 4.89. The van der Waals surface area contributed by atoms with Crippen LogP contribution in [0.3, 0.4) is 0 Å².